The summed E-state index contributed by atoms with van der Waals surface area (Å²) in [6.07, 6.45) is 1.68. The summed E-state index contributed by atoms with van der Waals surface area (Å²) in [6, 6.07) is 0. The highest BCUT2D eigenvalue weighted by atomic mass is 32.2. The average molecular weight is 264 g/mol. The topological polar surface area (TPSA) is 154 Å². The lowest BCUT2D eigenvalue weighted by atomic mass is 11.0. The number of aromatic nitrogens is 1. The second-order valence-electron chi connectivity index (χ2n) is 1.33. The third-order valence-corrected chi connectivity index (χ3v) is 1.06. The summed E-state index contributed by atoms with van der Waals surface area (Å²) in [5.41, 5.74) is 5.19. The van der Waals surface area contributed by atoms with E-state index >= 15 is 0 Å². The van der Waals surface area contributed by atoms with E-state index in [2.05, 4.69) is 4.98 Å². The summed E-state index contributed by atoms with van der Waals surface area (Å²) in [7, 11) is 0. The van der Waals surface area contributed by atoms with Gasteiger partial charge in [-0.15, -0.1) is 11.3 Å². The van der Waals surface area contributed by atoms with E-state index in [1.807, 2.05) is 5.38 Å². The highest BCUT2D eigenvalue weighted by molar-refractivity contribution is 7.73. The quantitative estimate of drug-likeness (QED) is 0.413. The molecular formula is C3H8N2O6S3. The average Bonchev–Trinajstić information content (AvgIpc) is 2.36. The molecule has 0 spiro atoms. The van der Waals surface area contributed by atoms with Gasteiger partial charge in [-0.2, -0.15) is 8.42 Å². The summed E-state index contributed by atoms with van der Waals surface area (Å²) < 4.78 is 45.7. The van der Waals surface area contributed by atoms with Crippen LogP contribution < -0.4 is 5.73 Å². The Balaban J connectivity index is 0. The molecule has 11 heteroatoms. The lowest BCUT2D eigenvalue weighted by Gasteiger charge is -1.67. The van der Waals surface area contributed by atoms with Crippen LogP contribution in [0.1, 0.15) is 0 Å². The lowest BCUT2D eigenvalue weighted by Crippen LogP contribution is -1.77. The number of thiazole rings is 1. The van der Waals surface area contributed by atoms with Gasteiger partial charge in [0, 0.05) is 11.6 Å². The van der Waals surface area contributed by atoms with Gasteiger partial charge in [-0.1, -0.05) is 0 Å². The van der Waals surface area contributed by atoms with Gasteiger partial charge in [0.25, 0.3) is 22.7 Å². The Labute approximate surface area is 88.4 Å². The number of anilines is 1. The number of nitrogen functional groups attached to an aromatic ring is 1. The zero-order chi connectivity index (χ0) is 11.6. The maximum absolute atomic E-state index is 8.67. The van der Waals surface area contributed by atoms with Gasteiger partial charge in [-0.05, 0) is 0 Å². The monoisotopic (exact) mass is 264 g/mol. The molecule has 0 fully saturated rings. The van der Waals surface area contributed by atoms with Crippen LogP contribution in [-0.2, 0) is 22.7 Å². The number of hydrogen-bond donors (Lipinski definition) is 5. The minimum absolute atomic E-state index is 0.634. The minimum Gasteiger partial charge on any atom is -0.375 e. The van der Waals surface area contributed by atoms with Crippen LogP contribution in [0, 0.1) is 0 Å². The van der Waals surface area contributed by atoms with E-state index in [4.69, 9.17) is 32.4 Å². The van der Waals surface area contributed by atoms with Crippen molar-refractivity contribution in [2.24, 2.45) is 0 Å². The molecule has 0 bridgehead atoms. The van der Waals surface area contributed by atoms with E-state index in [1.54, 1.807) is 6.20 Å². The molecule has 84 valence electrons. The van der Waals surface area contributed by atoms with Crippen LogP contribution in [-0.4, -0.2) is 31.6 Å². The standard InChI is InChI=1S/C3H4N2S.2H2O3S/c4-3-5-1-2-6-3;2*1-4(2)3/h1-2H,(H2,4,5);2*(H2,1,2,3). The molecule has 1 rings (SSSR count). The van der Waals surface area contributed by atoms with Gasteiger partial charge in [-0.25, -0.2) is 4.98 Å². The van der Waals surface area contributed by atoms with Gasteiger partial charge in [0.2, 0.25) is 0 Å². The third-order valence-electron chi connectivity index (χ3n) is 0.451. The first-order chi connectivity index (χ1) is 6.36. The highest BCUT2D eigenvalue weighted by Gasteiger charge is 1.76. The van der Waals surface area contributed by atoms with Crippen molar-refractivity contribution < 1.29 is 26.6 Å². The normalized spacial score (nSPS) is 8.71. The van der Waals surface area contributed by atoms with E-state index in [1.165, 1.54) is 11.3 Å². The molecule has 0 aliphatic carbocycles. The van der Waals surface area contributed by atoms with Gasteiger partial charge < -0.3 is 5.73 Å². The van der Waals surface area contributed by atoms with Gasteiger partial charge in [-0.3, -0.25) is 18.2 Å². The van der Waals surface area contributed by atoms with Gasteiger partial charge in [0.05, 0.1) is 0 Å². The smallest absolute Gasteiger partial charge is 0.299 e. The van der Waals surface area contributed by atoms with Crippen molar-refractivity contribution in [3.8, 4) is 0 Å². The molecule has 1 aromatic heterocycles. The number of rotatable bonds is 0. The van der Waals surface area contributed by atoms with Crippen LogP contribution in [0.5, 0.6) is 0 Å². The number of hydrogen-bond acceptors (Lipinski definition) is 5. The molecule has 1 heterocycles. The molecule has 0 saturated carbocycles. The van der Waals surface area contributed by atoms with Crippen LogP contribution >= 0.6 is 11.3 Å². The van der Waals surface area contributed by atoms with Crippen LogP contribution in [0.4, 0.5) is 5.13 Å². The molecule has 0 aromatic carbocycles. The Morgan fingerprint density at radius 1 is 1.21 bits per heavy atom. The van der Waals surface area contributed by atoms with E-state index in [-0.39, 0.29) is 0 Å². The molecule has 8 nitrogen and oxygen atoms in total. The molecule has 0 unspecified atom stereocenters. The van der Waals surface area contributed by atoms with E-state index in [0.717, 1.165) is 0 Å². The molecule has 0 radical (unpaired) electrons. The van der Waals surface area contributed by atoms with Crippen LogP contribution in [0.15, 0.2) is 11.6 Å². The molecule has 1 aromatic rings. The Bertz CT molecular complexity index is 243. The zero-order valence-corrected chi connectivity index (χ0v) is 8.96. The summed E-state index contributed by atoms with van der Waals surface area (Å²) in [6.45, 7) is 0. The summed E-state index contributed by atoms with van der Waals surface area (Å²) in [5, 5.41) is 2.48. The van der Waals surface area contributed by atoms with E-state index in [9.17, 15) is 0 Å². The molecule has 0 atom stereocenters. The molecule has 6 N–H and O–H groups in total. The second-order valence-corrected chi connectivity index (χ2v) is 3.18. The van der Waals surface area contributed by atoms with Crippen molar-refractivity contribution in [1.82, 2.24) is 4.98 Å². The maximum atomic E-state index is 8.67. The molecule has 0 aliphatic rings. The summed E-state index contributed by atoms with van der Waals surface area (Å²) in [4.78, 5) is 3.71. The van der Waals surface area contributed by atoms with Gasteiger partial charge in [0.15, 0.2) is 5.13 Å². The van der Waals surface area contributed by atoms with Crippen LogP contribution in [0.3, 0.4) is 0 Å². The minimum atomic E-state index is -2.61. The van der Waals surface area contributed by atoms with Crippen LogP contribution in [0.25, 0.3) is 0 Å². The molecule has 0 aliphatic heterocycles. The molecule has 0 saturated heterocycles. The van der Waals surface area contributed by atoms with Crippen molar-refractivity contribution in [3.05, 3.63) is 11.6 Å². The Morgan fingerprint density at radius 2 is 1.57 bits per heavy atom. The fourth-order valence-electron chi connectivity index (χ4n) is 0.234. The zero-order valence-electron chi connectivity index (χ0n) is 6.51. The first kappa shape index (κ1) is 16.0. The first-order valence-electron chi connectivity index (χ1n) is 2.61. The van der Waals surface area contributed by atoms with Crippen molar-refractivity contribution in [3.63, 3.8) is 0 Å². The van der Waals surface area contributed by atoms with Crippen LogP contribution in [0.2, 0.25) is 0 Å². The summed E-state index contributed by atoms with van der Waals surface area (Å²) in [5.74, 6) is 0. The van der Waals surface area contributed by atoms with E-state index < -0.39 is 22.7 Å². The Morgan fingerprint density at radius 3 is 1.64 bits per heavy atom. The Kier molecular flexibility index (Phi) is 12.2. The number of nitrogens with zero attached hydrogens (tertiary/aromatic N) is 1. The Hall–Kier alpha value is -0.430. The number of nitrogens with two attached hydrogens (primary N) is 1. The molecular weight excluding hydrogens is 256 g/mol. The summed E-state index contributed by atoms with van der Waals surface area (Å²) >= 11 is -3.78. The SMILES string of the molecule is Nc1nccs1.O=S(O)O.O=S(O)O. The third kappa shape index (κ3) is 29.9. The van der Waals surface area contributed by atoms with E-state index in [0.29, 0.717) is 5.13 Å². The fraction of sp³-hybridized carbons (Fsp3) is 0. The van der Waals surface area contributed by atoms with Gasteiger partial charge in [0.1, 0.15) is 0 Å². The predicted octanol–water partition coefficient (Wildman–Crippen LogP) is 0.0875. The van der Waals surface area contributed by atoms with Gasteiger partial charge >= 0.3 is 0 Å². The molecule has 0 amide bonds. The predicted molar refractivity (Wildman–Crippen MR) is 53.3 cm³/mol. The molecule has 14 heavy (non-hydrogen) atoms. The lowest BCUT2D eigenvalue weighted by molar-refractivity contribution is 0.452. The maximum Gasteiger partial charge on any atom is 0.299 e. The van der Waals surface area contributed by atoms with Crippen molar-refractivity contribution in [2.45, 2.75) is 0 Å². The first-order valence-corrected chi connectivity index (χ1v) is 5.61. The second kappa shape index (κ2) is 10.6. The largest absolute Gasteiger partial charge is 0.375 e. The fourth-order valence-corrected chi connectivity index (χ4v) is 0.617. The van der Waals surface area contributed by atoms with Crippen molar-refractivity contribution in [1.29, 1.82) is 0 Å². The van der Waals surface area contributed by atoms with Crippen molar-refractivity contribution in [2.75, 3.05) is 5.73 Å². The highest BCUT2D eigenvalue weighted by Crippen LogP contribution is 2.02. The van der Waals surface area contributed by atoms with Crippen molar-refractivity contribution >= 4 is 39.2 Å².